The molecule has 0 radical (unpaired) electrons. The second-order valence-corrected chi connectivity index (χ2v) is 14.1. The third kappa shape index (κ3) is 5.74. The quantitative estimate of drug-likeness (QED) is 0.174. The number of hydrogen-bond acceptors (Lipinski definition) is 5. The van der Waals surface area contributed by atoms with Crippen molar-refractivity contribution in [3.63, 3.8) is 0 Å². The largest absolute Gasteiger partial charge is 0.244 e. The van der Waals surface area contributed by atoms with Crippen molar-refractivity contribution in [1.29, 1.82) is 0 Å². The van der Waals surface area contributed by atoms with Crippen molar-refractivity contribution in [2.75, 3.05) is 0 Å². The fourth-order valence-corrected chi connectivity index (χ4v) is 8.19. The molecule has 7 aromatic carbocycles. The van der Waals surface area contributed by atoms with Crippen LogP contribution in [0, 0.1) is 0 Å². The Morgan fingerprint density at radius 3 is 1.42 bits per heavy atom. The molecule has 53 heavy (non-hydrogen) atoms. The van der Waals surface area contributed by atoms with Gasteiger partial charge in [-0.1, -0.05) is 146 Å². The Morgan fingerprint density at radius 1 is 0.321 bits per heavy atom. The minimum absolute atomic E-state index is 0.722. The summed E-state index contributed by atoms with van der Waals surface area (Å²) in [5.41, 5.74) is 13.1. The molecule has 3 aromatic heterocycles. The van der Waals surface area contributed by atoms with E-state index in [1.54, 1.807) is 11.3 Å². The van der Waals surface area contributed by atoms with E-state index in [0.29, 0.717) is 0 Å². The lowest BCUT2D eigenvalue weighted by molar-refractivity contribution is 1.24. The number of thiophene rings is 1. The summed E-state index contributed by atoms with van der Waals surface area (Å²) in [5, 5.41) is 2.30. The van der Waals surface area contributed by atoms with E-state index in [9.17, 15) is 0 Å². The van der Waals surface area contributed by atoms with Gasteiger partial charge in [-0.2, -0.15) is 0 Å². The molecule has 248 valence electrons. The Balaban J connectivity index is 1.05. The highest BCUT2D eigenvalue weighted by atomic mass is 32.1. The summed E-state index contributed by atoms with van der Waals surface area (Å²) in [7, 11) is 0. The summed E-state index contributed by atoms with van der Waals surface area (Å²) >= 11 is 1.72. The molecule has 0 bridgehead atoms. The van der Waals surface area contributed by atoms with E-state index >= 15 is 0 Å². The van der Waals surface area contributed by atoms with Crippen LogP contribution in [0.15, 0.2) is 182 Å². The maximum Gasteiger partial charge on any atom is 0.161 e. The van der Waals surface area contributed by atoms with Gasteiger partial charge in [0.2, 0.25) is 0 Å². The van der Waals surface area contributed by atoms with Crippen LogP contribution in [0.1, 0.15) is 0 Å². The first kappa shape index (κ1) is 31.0. The number of para-hydroxylation sites is 2. The van der Waals surface area contributed by atoms with Crippen molar-refractivity contribution in [1.82, 2.24) is 19.9 Å². The van der Waals surface area contributed by atoms with Gasteiger partial charge in [-0.25, -0.2) is 19.9 Å². The molecular weight excluding hydrogens is 665 g/mol. The SMILES string of the molecule is c1ccc(-c2nc3ccccc3nc2-c2cccc(-c3cccc(-c4cccc(-c5nc(-c6ccccc6)c6c(n5)sc5ccccc56)c4)c3)c2)cc1. The van der Waals surface area contributed by atoms with Crippen LogP contribution in [0.3, 0.4) is 0 Å². The van der Waals surface area contributed by atoms with Crippen LogP contribution in [0.4, 0.5) is 0 Å². The normalized spacial score (nSPS) is 11.4. The molecule has 0 unspecified atom stereocenters. The van der Waals surface area contributed by atoms with Gasteiger partial charge in [0.05, 0.1) is 28.1 Å². The molecule has 5 heteroatoms. The lowest BCUT2D eigenvalue weighted by Crippen LogP contribution is -1.95. The van der Waals surface area contributed by atoms with E-state index in [1.165, 1.54) is 10.1 Å². The van der Waals surface area contributed by atoms with Gasteiger partial charge in [-0.05, 0) is 58.7 Å². The van der Waals surface area contributed by atoms with Crippen molar-refractivity contribution >= 4 is 42.7 Å². The van der Waals surface area contributed by atoms with Crippen molar-refractivity contribution in [3.8, 4) is 67.4 Å². The van der Waals surface area contributed by atoms with Crippen LogP contribution in [-0.2, 0) is 0 Å². The Bertz CT molecular complexity index is 2950. The van der Waals surface area contributed by atoms with Gasteiger partial charge >= 0.3 is 0 Å². The van der Waals surface area contributed by atoms with Gasteiger partial charge in [-0.15, -0.1) is 11.3 Å². The number of aromatic nitrogens is 4. The number of hydrogen-bond donors (Lipinski definition) is 0. The molecule has 0 N–H and O–H groups in total. The van der Waals surface area contributed by atoms with Crippen molar-refractivity contribution in [2.24, 2.45) is 0 Å². The zero-order chi connectivity index (χ0) is 35.1. The van der Waals surface area contributed by atoms with Gasteiger partial charge in [0.25, 0.3) is 0 Å². The first-order valence-electron chi connectivity index (χ1n) is 17.6. The summed E-state index contributed by atoms with van der Waals surface area (Å²) in [6.07, 6.45) is 0. The summed E-state index contributed by atoms with van der Waals surface area (Å²) in [6, 6.07) is 63.2. The van der Waals surface area contributed by atoms with E-state index in [1.807, 2.05) is 48.5 Å². The monoisotopic (exact) mass is 694 g/mol. The topological polar surface area (TPSA) is 51.6 Å². The molecule has 0 fully saturated rings. The van der Waals surface area contributed by atoms with Gasteiger partial charge in [0.15, 0.2) is 5.82 Å². The first-order valence-corrected chi connectivity index (χ1v) is 18.5. The van der Waals surface area contributed by atoms with Crippen LogP contribution in [0.2, 0.25) is 0 Å². The third-order valence-electron chi connectivity index (χ3n) is 9.69. The van der Waals surface area contributed by atoms with Crippen LogP contribution in [0.25, 0.3) is 98.7 Å². The molecule has 10 rings (SSSR count). The average molecular weight is 695 g/mol. The highest BCUT2D eigenvalue weighted by molar-refractivity contribution is 7.25. The number of rotatable bonds is 6. The van der Waals surface area contributed by atoms with E-state index in [0.717, 1.165) is 88.7 Å². The molecule has 10 aromatic rings. The maximum atomic E-state index is 5.23. The van der Waals surface area contributed by atoms with Crippen molar-refractivity contribution < 1.29 is 0 Å². The molecule has 0 atom stereocenters. The third-order valence-corrected chi connectivity index (χ3v) is 10.8. The molecular formula is C48H30N4S. The fourth-order valence-electron chi connectivity index (χ4n) is 7.12. The smallest absolute Gasteiger partial charge is 0.161 e. The maximum absolute atomic E-state index is 5.23. The summed E-state index contributed by atoms with van der Waals surface area (Å²) < 4.78 is 1.21. The highest BCUT2D eigenvalue weighted by Gasteiger charge is 2.18. The van der Waals surface area contributed by atoms with Gasteiger partial charge in [0, 0.05) is 37.7 Å². The second-order valence-electron chi connectivity index (χ2n) is 13.1. The Hall–Kier alpha value is -6.82. The van der Waals surface area contributed by atoms with Gasteiger partial charge in [-0.3, -0.25) is 0 Å². The van der Waals surface area contributed by atoms with Gasteiger partial charge in [0.1, 0.15) is 4.83 Å². The number of benzene rings is 7. The predicted molar refractivity (Wildman–Crippen MR) is 221 cm³/mol. The zero-order valence-corrected chi connectivity index (χ0v) is 29.3. The highest BCUT2D eigenvalue weighted by Crippen LogP contribution is 2.40. The lowest BCUT2D eigenvalue weighted by atomic mass is 9.95. The second kappa shape index (κ2) is 13.1. The summed E-state index contributed by atoms with van der Waals surface area (Å²) in [6.45, 7) is 0. The van der Waals surface area contributed by atoms with E-state index < -0.39 is 0 Å². The van der Waals surface area contributed by atoms with Crippen LogP contribution >= 0.6 is 11.3 Å². The molecule has 0 amide bonds. The molecule has 0 aliphatic carbocycles. The van der Waals surface area contributed by atoms with Crippen molar-refractivity contribution in [2.45, 2.75) is 0 Å². The molecule has 3 heterocycles. The number of nitrogens with zero attached hydrogens (tertiary/aromatic N) is 4. The predicted octanol–water partition coefficient (Wildman–Crippen LogP) is 12.8. The van der Waals surface area contributed by atoms with Crippen LogP contribution < -0.4 is 0 Å². The molecule has 0 aliphatic heterocycles. The fraction of sp³-hybridized carbons (Fsp3) is 0. The molecule has 0 saturated carbocycles. The van der Waals surface area contributed by atoms with Crippen LogP contribution in [0.5, 0.6) is 0 Å². The Labute approximate surface area is 310 Å². The molecule has 0 spiro atoms. The van der Waals surface area contributed by atoms with E-state index in [2.05, 4.69) is 133 Å². The Kier molecular flexibility index (Phi) is 7.63. The minimum atomic E-state index is 0.722. The standard InChI is InChI=1S/C48H30N4S/c1-3-14-31(15-4-1)44-43-39-24-7-10-27-42(39)53-48(43)52-47(51-44)38-23-13-21-36(30-38)34-19-11-18-33(28-34)35-20-12-22-37(29-35)46-45(32-16-5-2-6-17-32)49-40-25-8-9-26-41(40)50-46/h1-30H. The van der Waals surface area contributed by atoms with Gasteiger partial charge < -0.3 is 0 Å². The van der Waals surface area contributed by atoms with E-state index in [4.69, 9.17) is 19.9 Å². The lowest BCUT2D eigenvalue weighted by Gasteiger charge is -2.12. The first-order chi connectivity index (χ1) is 26.2. The average Bonchev–Trinajstić information content (AvgIpc) is 3.62. The van der Waals surface area contributed by atoms with Crippen molar-refractivity contribution in [3.05, 3.63) is 182 Å². The number of fused-ring (bicyclic) bond motifs is 4. The summed E-state index contributed by atoms with van der Waals surface area (Å²) in [5.74, 6) is 0.722. The zero-order valence-electron chi connectivity index (χ0n) is 28.5. The molecule has 0 saturated heterocycles. The molecule has 0 aliphatic rings. The minimum Gasteiger partial charge on any atom is -0.244 e. The molecule has 4 nitrogen and oxygen atoms in total. The summed E-state index contributed by atoms with van der Waals surface area (Å²) in [4.78, 5) is 21.6. The van der Waals surface area contributed by atoms with Crippen LogP contribution in [-0.4, -0.2) is 19.9 Å². The Morgan fingerprint density at radius 2 is 0.774 bits per heavy atom. The van der Waals surface area contributed by atoms with E-state index in [-0.39, 0.29) is 0 Å².